The first-order chi connectivity index (χ1) is 9.26. The van der Waals surface area contributed by atoms with Crippen LogP contribution in [0.2, 0.25) is 0 Å². The van der Waals surface area contributed by atoms with Gasteiger partial charge >= 0.3 is 0 Å². The number of hydrogen-bond donors (Lipinski definition) is 2. The van der Waals surface area contributed by atoms with Crippen molar-refractivity contribution in [1.29, 1.82) is 0 Å². The summed E-state index contributed by atoms with van der Waals surface area (Å²) in [6.07, 6.45) is 6.35. The number of nitrogens with zero attached hydrogens (tertiary/aromatic N) is 2. The summed E-state index contributed by atoms with van der Waals surface area (Å²) in [5.74, 6) is 1.50. The number of amides is 1. The topological polar surface area (TPSA) is 59.0 Å². The van der Waals surface area contributed by atoms with Gasteiger partial charge in [-0.2, -0.15) is 5.10 Å². The first-order valence-corrected chi connectivity index (χ1v) is 7.30. The van der Waals surface area contributed by atoms with E-state index in [1.165, 1.54) is 19.3 Å². The highest BCUT2D eigenvalue weighted by Gasteiger charge is 2.49. The summed E-state index contributed by atoms with van der Waals surface area (Å²) in [4.78, 5) is 12.7. The van der Waals surface area contributed by atoms with Crippen molar-refractivity contribution >= 4 is 24.1 Å². The largest absolute Gasteiger partial charge is 0.315 e. The summed E-state index contributed by atoms with van der Waals surface area (Å²) in [5.41, 5.74) is -0.193. The number of carbonyl (C=O) groups is 1. The highest BCUT2D eigenvalue weighted by atomic mass is 35.5. The summed E-state index contributed by atoms with van der Waals surface area (Å²) < 4.78 is 1.83. The smallest absolute Gasteiger partial charge is 0.233 e. The maximum absolute atomic E-state index is 12.7. The van der Waals surface area contributed by atoms with Gasteiger partial charge < -0.3 is 10.6 Å². The first kappa shape index (κ1) is 15.3. The molecule has 2 fully saturated rings. The van der Waals surface area contributed by atoms with E-state index in [9.17, 15) is 4.79 Å². The van der Waals surface area contributed by atoms with Gasteiger partial charge in [0.25, 0.3) is 0 Å². The minimum absolute atomic E-state index is 0. The van der Waals surface area contributed by atoms with Crippen molar-refractivity contribution in [2.24, 2.45) is 11.3 Å². The average Bonchev–Trinajstić information content (AvgIpc) is 3.04. The van der Waals surface area contributed by atoms with Crippen molar-refractivity contribution in [2.45, 2.75) is 39.2 Å². The van der Waals surface area contributed by atoms with Gasteiger partial charge in [-0.3, -0.25) is 4.79 Å². The lowest BCUT2D eigenvalue weighted by atomic mass is 9.67. The molecule has 1 aliphatic heterocycles. The number of halogens is 1. The fraction of sp³-hybridized carbons (Fsp3) is 0.714. The average molecular weight is 299 g/mol. The van der Waals surface area contributed by atoms with E-state index in [1.54, 1.807) is 6.20 Å². The molecule has 2 N–H and O–H groups in total. The van der Waals surface area contributed by atoms with Gasteiger partial charge in [-0.1, -0.05) is 12.8 Å². The second-order valence-corrected chi connectivity index (χ2v) is 5.72. The van der Waals surface area contributed by atoms with E-state index in [-0.39, 0.29) is 23.7 Å². The second-order valence-electron chi connectivity index (χ2n) is 5.72. The van der Waals surface area contributed by atoms with Crippen molar-refractivity contribution < 1.29 is 4.79 Å². The third-order valence-corrected chi connectivity index (χ3v) is 4.75. The van der Waals surface area contributed by atoms with Gasteiger partial charge in [0.2, 0.25) is 5.91 Å². The lowest BCUT2D eigenvalue weighted by Crippen LogP contribution is -2.44. The van der Waals surface area contributed by atoms with Gasteiger partial charge in [0.05, 0.1) is 11.6 Å². The summed E-state index contributed by atoms with van der Waals surface area (Å²) in [6, 6.07) is 1.87. The molecule has 5 nitrogen and oxygen atoms in total. The molecule has 0 unspecified atom stereocenters. The SMILES string of the molecule is CCn1nccc1NC(=O)[C@@]12CCCC[C@H]1CNC2.Cl. The van der Waals surface area contributed by atoms with E-state index in [0.29, 0.717) is 5.92 Å². The molecule has 2 aliphatic rings. The Bertz CT molecular complexity index is 475. The molecule has 3 rings (SSSR count). The third kappa shape index (κ3) is 2.44. The van der Waals surface area contributed by atoms with Crippen LogP contribution in [0.15, 0.2) is 12.3 Å². The molecule has 1 amide bonds. The normalized spacial score (nSPS) is 28.6. The molecule has 6 heteroatoms. The van der Waals surface area contributed by atoms with E-state index < -0.39 is 0 Å². The molecule has 0 radical (unpaired) electrons. The maximum Gasteiger partial charge on any atom is 0.233 e. The predicted octanol–water partition coefficient (Wildman–Crippen LogP) is 2.04. The fourth-order valence-corrected chi connectivity index (χ4v) is 3.62. The number of carbonyl (C=O) groups excluding carboxylic acids is 1. The molecule has 0 aromatic carbocycles. The van der Waals surface area contributed by atoms with Crippen molar-refractivity contribution in [3.8, 4) is 0 Å². The Labute approximate surface area is 125 Å². The maximum atomic E-state index is 12.7. The zero-order valence-electron chi connectivity index (χ0n) is 11.9. The Kier molecular flexibility index (Phi) is 4.70. The monoisotopic (exact) mass is 298 g/mol. The van der Waals surface area contributed by atoms with Crippen LogP contribution in [-0.2, 0) is 11.3 Å². The number of hydrogen-bond acceptors (Lipinski definition) is 3. The summed E-state index contributed by atoms with van der Waals surface area (Å²) >= 11 is 0. The standard InChI is InChI=1S/C14H22N4O.ClH/c1-2-18-12(6-8-16-18)17-13(19)14-7-4-3-5-11(14)9-15-10-14;/h6,8,11,15H,2-5,7,9-10H2,1H3,(H,17,19);1H/t11-,14+;/m0./s1. The Hall–Kier alpha value is -1.07. The Morgan fingerprint density at radius 1 is 1.60 bits per heavy atom. The highest BCUT2D eigenvalue weighted by Crippen LogP contribution is 2.44. The second kappa shape index (κ2) is 6.14. The minimum Gasteiger partial charge on any atom is -0.315 e. The predicted molar refractivity (Wildman–Crippen MR) is 81.0 cm³/mol. The minimum atomic E-state index is -0.193. The van der Waals surface area contributed by atoms with Crippen LogP contribution in [0.5, 0.6) is 0 Å². The quantitative estimate of drug-likeness (QED) is 0.898. The van der Waals surface area contributed by atoms with E-state index in [0.717, 1.165) is 31.9 Å². The van der Waals surface area contributed by atoms with E-state index in [4.69, 9.17) is 0 Å². The van der Waals surface area contributed by atoms with Gasteiger partial charge in [-0.25, -0.2) is 4.68 Å². The van der Waals surface area contributed by atoms with Gasteiger partial charge in [-0.05, 0) is 32.2 Å². The zero-order valence-corrected chi connectivity index (χ0v) is 12.7. The first-order valence-electron chi connectivity index (χ1n) is 7.30. The molecule has 0 bridgehead atoms. The molecule has 0 spiro atoms. The van der Waals surface area contributed by atoms with Crippen molar-refractivity contribution in [3.63, 3.8) is 0 Å². The summed E-state index contributed by atoms with van der Waals surface area (Å²) in [6.45, 7) is 4.61. The molecular formula is C14H23ClN4O. The molecular weight excluding hydrogens is 276 g/mol. The summed E-state index contributed by atoms with van der Waals surface area (Å²) in [7, 11) is 0. The molecule has 1 saturated heterocycles. The molecule has 112 valence electrons. The molecule has 2 atom stereocenters. The van der Waals surface area contributed by atoms with Crippen LogP contribution in [0.1, 0.15) is 32.6 Å². The Morgan fingerprint density at radius 2 is 2.45 bits per heavy atom. The van der Waals surface area contributed by atoms with Crippen molar-refractivity contribution in [3.05, 3.63) is 12.3 Å². The van der Waals surface area contributed by atoms with Crippen LogP contribution in [0.3, 0.4) is 0 Å². The van der Waals surface area contributed by atoms with Gasteiger partial charge in [0, 0.05) is 19.2 Å². The molecule has 1 aromatic rings. The van der Waals surface area contributed by atoms with Crippen LogP contribution < -0.4 is 10.6 Å². The number of anilines is 1. The third-order valence-electron chi connectivity index (χ3n) is 4.75. The molecule has 1 aromatic heterocycles. The number of aryl methyl sites for hydroxylation is 1. The lowest BCUT2D eigenvalue weighted by Gasteiger charge is -2.37. The zero-order chi connectivity index (χ0) is 13.3. The Morgan fingerprint density at radius 3 is 3.25 bits per heavy atom. The number of fused-ring (bicyclic) bond motifs is 1. The van der Waals surface area contributed by atoms with Crippen LogP contribution >= 0.6 is 12.4 Å². The van der Waals surface area contributed by atoms with E-state index >= 15 is 0 Å². The number of aromatic nitrogens is 2. The number of nitrogens with one attached hydrogen (secondary N) is 2. The van der Waals surface area contributed by atoms with E-state index in [2.05, 4.69) is 15.7 Å². The van der Waals surface area contributed by atoms with E-state index in [1.807, 2.05) is 17.7 Å². The van der Waals surface area contributed by atoms with Gasteiger partial charge in [-0.15, -0.1) is 12.4 Å². The van der Waals surface area contributed by atoms with Crippen LogP contribution in [0.25, 0.3) is 0 Å². The van der Waals surface area contributed by atoms with Crippen LogP contribution in [-0.4, -0.2) is 28.8 Å². The highest BCUT2D eigenvalue weighted by molar-refractivity contribution is 5.95. The molecule has 1 saturated carbocycles. The lowest BCUT2D eigenvalue weighted by molar-refractivity contribution is -0.128. The number of rotatable bonds is 3. The van der Waals surface area contributed by atoms with Crippen molar-refractivity contribution in [2.75, 3.05) is 18.4 Å². The molecule has 2 heterocycles. The Balaban J connectivity index is 0.00000147. The van der Waals surface area contributed by atoms with Crippen molar-refractivity contribution in [1.82, 2.24) is 15.1 Å². The molecule has 20 heavy (non-hydrogen) atoms. The summed E-state index contributed by atoms with van der Waals surface area (Å²) in [5, 5.41) is 10.7. The van der Waals surface area contributed by atoms with Gasteiger partial charge in [0.1, 0.15) is 5.82 Å². The van der Waals surface area contributed by atoms with Gasteiger partial charge in [0.15, 0.2) is 0 Å². The molecule has 1 aliphatic carbocycles. The fourth-order valence-electron chi connectivity index (χ4n) is 3.62. The van der Waals surface area contributed by atoms with Crippen LogP contribution in [0.4, 0.5) is 5.82 Å². The van der Waals surface area contributed by atoms with Crippen LogP contribution in [0, 0.1) is 11.3 Å².